The predicted octanol–water partition coefficient (Wildman–Crippen LogP) is 0.930. The number of aliphatic hydroxyl groups is 1. The van der Waals surface area contributed by atoms with Gasteiger partial charge in [0.1, 0.15) is 5.82 Å². The van der Waals surface area contributed by atoms with Gasteiger partial charge in [0.15, 0.2) is 5.69 Å². The van der Waals surface area contributed by atoms with Gasteiger partial charge in [-0.05, 0) is 25.0 Å². The summed E-state index contributed by atoms with van der Waals surface area (Å²) in [6.07, 6.45) is 5.63. The lowest BCUT2D eigenvalue weighted by Crippen LogP contribution is -2.35. The number of rotatable bonds is 5. The van der Waals surface area contributed by atoms with Crippen molar-refractivity contribution in [3.05, 3.63) is 17.8 Å². The molecule has 0 saturated heterocycles. The number of aliphatic hydroxyl groups excluding tert-OH is 1. The molecular formula is C13H20N4O2. The van der Waals surface area contributed by atoms with Crippen molar-refractivity contribution in [3.8, 4) is 0 Å². The first-order valence-corrected chi connectivity index (χ1v) is 6.63. The summed E-state index contributed by atoms with van der Waals surface area (Å²) >= 11 is 0. The summed E-state index contributed by atoms with van der Waals surface area (Å²) in [5, 5.41) is 20.4. The molecule has 1 amide bonds. The van der Waals surface area contributed by atoms with Crippen LogP contribution in [0.4, 0.5) is 5.82 Å². The van der Waals surface area contributed by atoms with Gasteiger partial charge < -0.3 is 16.2 Å². The van der Waals surface area contributed by atoms with Crippen LogP contribution in [0.3, 0.4) is 0 Å². The first kappa shape index (κ1) is 13.7. The molecule has 1 aromatic heterocycles. The summed E-state index contributed by atoms with van der Waals surface area (Å²) < 4.78 is 0. The van der Waals surface area contributed by atoms with E-state index in [0.717, 1.165) is 25.7 Å². The Morgan fingerprint density at radius 2 is 2.05 bits per heavy atom. The van der Waals surface area contributed by atoms with Gasteiger partial charge in [0.2, 0.25) is 0 Å². The summed E-state index contributed by atoms with van der Waals surface area (Å²) in [6, 6.07) is 3.23. The lowest BCUT2D eigenvalue weighted by atomic mass is 9.74. The molecule has 0 aromatic carbocycles. The Balaban J connectivity index is 1.95. The Bertz CT molecular complexity index is 427. The van der Waals surface area contributed by atoms with Crippen LogP contribution in [0.2, 0.25) is 0 Å². The largest absolute Gasteiger partial charge is 0.396 e. The second kappa shape index (κ2) is 5.97. The number of hydrogen-bond acceptors (Lipinski definition) is 5. The van der Waals surface area contributed by atoms with Crippen molar-refractivity contribution in [1.82, 2.24) is 10.2 Å². The molecule has 0 spiro atoms. The first-order chi connectivity index (χ1) is 9.15. The zero-order valence-corrected chi connectivity index (χ0v) is 10.9. The number of nitrogens with zero attached hydrogens (tertiary/aromatic N) is 2. The van der Waals surface area contributed by atoms with Crippen LogP contribution < -0.4 is 11.1 Å². The third-order valence-corrected chi connectivity index (χ3v) is 3.81. The molecular weight excluding hydrogens is 244 g/mol. The predicted molar refractivity (Wildman–Crippen MR) is 71.6 cm³/mol. The molecule has 0 radical (unpaired) electrons. The minimum absolute atomic E-state index is 0.0533. The highest BCUT2D eigenvalue weighted by Gasteiger charge is 2.31. The molecule has 1 aromatic rings. The number of nitrogens with one attached hydrogen (secondary N) is 1. The lowest BCUT2D eigenvalue weighted by Gasteiger charge is -2.35. The molecule has 1 fully saturated rings. The van der Waals surface area contributed by atoms with E-state index in [0.29, 0.717) is 12.4 Å². The quantitative estimate of drug-likeness (QED) is 0.734. The van der Waals surface area contributed by atoms with Crippen LogP contribution in [0, 0.1) is 5.41 Å². The average molecular weight is 264 g/mol. The van der Waals surface area contributed by atoms with Gasteiger partial charge in [0.25, 0.3) is 5.91 Å². The van der Waals surface area contributed by atoms with Gasteiger partial charge in [-0.3, -0.25) is 4.79 Å². The zero-order valence-electron chi connectivity index (χ0n) is 10.9. The average Bonchev–Trinajstić information content (AvgIpc) is 2.46. The van der Waals surface area contributed by atoms with Crippen molar-refractivity contribution in [3.63, 3.8) is 0 Å². The molecule has 0 atom stereocenters. The molecule has 19 heavy (non-hydrogen) atoms. The maximum atomic E-state index is 10.9. The van der Waals surface area contributed by atoms with E-state index in [2.05, 4.69) is 15.5 Å². The van der Waals surface area contributed by atoms with Crippen LogP contribution in [0.5, 0.6) is 0 Å². The molecule has 4 N–H and O–H groups in total. The number of anilines is 1. The van der Waals surface area contributed by atoms with Gasteiger partial charge in [-0.2, -0.15) is 0 Å². The van der Waals surface area contributed by atoms with E-state index >= 15 is 0 Å². The molecule has 6 nitrogen and oxygen atoms in total. The highest BCUT2D eigenvalue weighted by molar-refractivity contribution is 5.90. The molecule has 1 aliphatic carbocycles. The smallest absolute Gasteiger partial charge is 0.269 e. The fourth-order valence-corrected chi connectivity index (χ4v) is 2.53. The lowest BCUT2D eigenvalue weighted by molar-refractivity contribution is 0.0943. The SMILES string of the molecule is NC(=O)c1ccc(NCC2(CO)CCCCC2)nn1. The number of carbonyl (C=O) groups excluding carboxylic acids is 1. The van der Waals surface area contributed by atoms with Crippen molar-refractivity contribution < 1.29 is 9.90 Å². The van der Waals surface area contributed by atoms with E-state index in [-0.39, 0.29) is 17.7 Å². The number of carbonyl (C=O) groups is 1. The zero-order chi connectivity index (χ0) is 13.7. The van der Waals surface area contributed by atoms with Gasteiger partial charge >= 0.3 is 0 Å². The monoisotopic (exact) mass is 264 g/mol. The minimum atomic E-state index is -0.585. The van der Waals surface area contributed by atoms with Crippen LogP contribution in [-0.2, 0) is 0 Å². The molecule has 6 heteroatoms. The van der Waals surface area contributed by atoms with E-state index in [4.69, 9.17) is 5.73 Å². The second-order valence-electron chi connectivity index (χ2n) is 5.24. The van der Waals surface area contributed by atoms with Crippen LogP contribution in [0.15, 0.2) is 12.1 Å². The Labute approximate surface area is 112 Å². The third-order valence-electron chi connectivity index (χ3n) is 3.81. The topological polar surface area (TPSA) is 101 Å². The Hall–Kier alpha value is -1.69. The second-order valence-corrected chi connectivity index (χ2v) is 5.24. The van der Waals surface area contributed by atoms with Crippen LogP contribution in [0.1, 0.15) is 42.6 Å². The van der Waals surface area contributed by atoms with Crippen molar-refractivity contribution in [2.75, 3.05) is 18.5 Å². The summed E-state index contributed by atoms with van der Waals surface area (Å²) in [5.74, 6) is 0.0153. The van der Waals surface area contributed by atoms with Crippen molar-refractivity contribution in [1.29, 1.82) is 0 Å². The highest BCUT2D eigenvalue weighted by atomic mass is 16.3. The van der Waals surface area contributed by atoms with Gasteiger partial charge in [-0.15, -0.1) is 10.2 Å². The van der Waals surface area contributed by atoms with Crippen molar-refractivity contribution in [2.24, 2.45) is 11.1 Å². The van der Waals surface area contributed by atoms with E-state index in [9.17, 15) is 9.90 Å². The Morgan fingerprint density at radius 3 is 2.58 bits per heavy atom. The van der Waals surface area contributed by atoms with Crippen molar-refractivity contribution >= 4 is 11.7 Å². The summed E-state index contributed by atoms with van der Waals surface area (Å²) in [6.45, 7) is 0.862. The Kier molecular flexibility index (Phi) is 4.31. The standard InChI is InChI=1S/C13H20N4O2/c14-12(19)10-4-5-11(17-16-10)15-8-13(9-18)6-2-1-3-7-13/h4-5,18H,1-3,6-9H2,(H2,14,19)(H,15,17). The molecule has 2 rings (SSSR count). The fraction of sp³-hybridized carbons (Fsp3) is 0.615. The van der Waals surface area contributed by atoms with Crippen LogP contribution in [0.25, 0.3) is 0 Å². The molecule has 1 aliphatic rings. The minimum Gasteiger partial charge on any atom is -0.396 e. The number of aromatic nitrogens is 2. The van der Waals surface area contributed by atoms with E-state index in [1.54, 1.807) is 12.1 Å². The summed E-state index contributed by atoms with van der Waals surface area (Å²) in [5.41, 5.74) is 5.20. The van der Waals surface area contributed by atoms with E-state index in [1.807, 2.05) is 0 Å². The number of amides is 1. The third kappa shape index (κ3) is 3.41. The highest BCUT2D eigenvalue weighted by Crippen LogP contribution is 2.35. The first-order valence-electron chi connectivity index (χ1n) is 6.63. The molecule has 0 aliphatic heterocycles. The fourth-order valence-electron chi connectivity index (χ4n) is 2.53. The van der Waals surface area contributed by atoms with E-state index in [1.165, 1.54) is 6.42 Å². The van der Waals surface area contributed by atoms with Crippen LogP contribution in [-0.4, -0.2) is 34.4 Å². The van der Waals surface area contributed by atoms with Crippen LogP contribution >= 0.6 is 0 Å². The number of hydrogen-bond donors (Lipinski definition) is 3. The van der Waals surface area contributed by atoms with Gasteiger partial charge in [0.05, 0.1) is 6.61 Å². The van der Waals surface area contributed by atoms with Gasteiger partial charge in [0, 0.05) is 12.0 Å². The maximum absolute atomic E-state index is 10.9. The van der Waals surface area contributed by atoms with Crippen molar-refractivity contribution in [2.45, 2.75) is 32.1 Å². The number of primary amides is 1. The normalized spacial score (nSPS) is 17.9. The van der Waals surface area contributed by atoms with Gasteiger partial charge in [-0.1, -0.05) is 19.3 Å². The summed E-state index contributed by atoms with van der Waals surface area (Å²) in [4.78, 5) is 10.9. The molecule has 0 unspecified atom stereocenters. The number of nitrogens with two attached hydrogens (primary N) is 1. The summed E-state index contributed by atoms with van der Waals surface area (Å²) in [7, 11) is 0. The molecule has 0 bridgehead atoms. The van der Waals surface area contributed by atoms with Gasteiger partial charge in [-0.25, -0.2) is 0 Å². The molecule has 1 saturated carbocycles. The van der Waals surface area contributed by atoms with E-state index < -0.39 is 5.91 Å². The molecule has 104 valence electrons. The molecule has 1 heterocycles. The maximum Gasteiger partial charge on any atom is 0.269 e. The Morgan fingerprint density at radius 1 is 1.32 bits per heavy atom.